The molecule has 0 aliphatic carbocycles. The second kappa shape index (κ2) is 16.7. The standard InChI is InChI=1S/C28H32O5S6/c1-3-25-27-23(5-17-36-27)34-19-15-32-13-11-30-9-7-29-8-10-31-12-14-33-16-20-35-24-6-18-37-28(24)26-4-2-22(39-26)21(1)38-25/h1-6,17-18H,7-16,19-20H2. The molecular weight excluding hydrogens is 609 g/mol. The van der Waals surface area contributed by atoms with Crippen LogP contribution in [0.25, 0.3) is 29.3 Å². The van der Waals surface area contributed by atoms with Crippen molar-refractivity contribution in [3.63, 3.8) is 0 Å². The van der Waals surface area contributed by atoms with Crippen LogP contribution in [0.2, 0.25) is 0 Å². The van der Waals surface area contributed by atoms with Crippen LogP contribution in [0.4, 0.5) is 0 Å². The predicted octanol–water partition coefficient (Wildman–Crippen LogP) is 8.21. The van der Waals surface area contributed by atoms with E-state index in [1.807, 2.05) is 68.9 Å². The third-order valence-corrected chi connectivity index (χ3v) is 12.5. The van der Waals surface area contributed by atoms with E-state index in [-0.39, 0.29) is 0 Å². The molecule has 11 heteroatoms. The first-order valence-electron chi connectivity index (χ1n) is 12.9. The summed E-state index contributed by atoms with van der Waals surface area (Å²) in [6.07, 6.45) is 0. The van der Waals surface area contributed by atoms with E-state index < -0.39 is 0 Å². The maximum atomic E-state index is 5.77. The van der Waals surface area contributed by atoms with Crippen LogP contribution in [0.3, 0.4) is 0 Å². The Morgan fingerprint density at radius 3 is 1.18 bits per heavy atom. The van der Waals surface area contributed by atoms with Gasteiger partial charge in [-0.2, -0.15) is 0 Å². The molecule has 4 aromatic rings. The van der Waals surface area contributed by atoms with Crippen molar-refractivity contribution in [2.75, 3.05) is 77.6 Å². The molecule has 4 aromatic heterocycles. The van der Waals surface area contributed by atoms with Crippen LogP contribution >= 0.6 is 68.9 Å². The highest BCUT2D eigenvalue weighted by Crippen LogP contribution is 2.46. The highest BCUT2D eigenvalue weighted by Gasteiger charge is 2.15. The monoisotopic (exact) mass is 640 g/mol. The lowest BCUT2D eigenvalue weighted by Gasteiger charge is -2.08. The van der Waals surface area contributed by atoms with Gasteiger partial charge in [-0.05, 0) is 47.2 Å². The minimum atomic E-state index is 0.565. The lowest BCUT2D eigenvalue weighted by Crippen LogP contribution is -2.13. The minimum Gasteiger partial charge on any atom is -0.378 e. The number of fused-ring (bicyclic) bond motifs is 9. The number of hydrogen-bond donors (Lipinski definition) is 0. The Bertz CT molecular complexity index is 1150. The van der Waals surface area contributed by atoms with Crippen molar-refractivity contribution in [2.24, 2.45) is 0 Å². The van der Waals surface area contributed by atoms with E-state index in [1.54, 1.807) is 0 Å². The molecule has 0 radical (unpaired) electrons. The van der Waals surface area contributed by atoms with Crippen molar-refractivity contribution in [3.8, 4) is 29.3 Å². The van der Waals surface area contributed by atoms with Gasteiger partial charge in [0, 0.05) is 40.8 Å². The van der Waals surface area contributed by atoms with Gasteiger partial charge in [0.1, 0.15) is 0 Å². The molecule has 0 atom stereocenters. The van der Waals surface area contributed by atoms with Crippen LogP contribution in [0.1, 0.15) is 0 Å². The normalized spacial score (nSPS) is 17.8. The third-order valence-electron chi connectivity index (χ3n) is 5.62. The van der Waals surface area contributed by atoms with E-state index in [0.717, 1.165) is 11.5 Å². The van der Waals surface area contributed by atoms with Gasteiger partial charge in [-0.25, -0.2) is 0 Å². The zero-order valence-corrected chi connectivity index (χ0v) is 26.5. The van der Waals surface area contributed by atoms with Crippen molar-refractivity contribution >= 4 is 68.9 Å². The van der Waals surface area contributed by atoms with Crippen molar-refractivity contribution in [3.05, 3.63) is 47.2 Å². The molecule has 0 fully saturated rings. The van der Waals surface area contributed by atoms with Crippen LogP contribution in [0.5, 0.6) is 0 Å². The van der Waals surface area contributed by atoms with E-state index >= 15 is 0 Å². The molecule has 0 saturated carbocycles. The van der Waals surface area contributed by atoms with E-state index in [4.69, 9.17) is 23.7 Å². The molecule has 39 heavy (non-hydrogen) atoms. The fourth-order valence-corrected chi connectivity index (χ4v) is 10.3. The summed E-state index contributed by atoms with van der Waals surface area (Å²) >= 11 is 11.1. The van der Waals surface area contributed by atoms with E-state index in [0.29, 0.717) is 66.1 Å². The maximum Gasteiger partial charge on any atom is 0.0701 e. The van der Waals surface area contributed by atoms with E-state index in [1.165, 1.54) is 39.1 Å². The van der Waals surface area contributed by atoms with Crippen LogP contribution < -0.4 is 0 Å². The van der Waals surface area contributed by atoms with E-state index in [9.17, 15) is 0 Å². The molecule has 5 rings (SSSR count). The topological polar surface area (TPSA) is 46.2 Å². The average molecular weight is 641 g/mol. The lowest BCUT2D eigenvalue weighted by molar-refractivity contribution is -0.00903. The average Bonchev–Trinajstić information content (AvgIpc) is 3.76. The smallest absolute Gasteiger partial charge is 0.0701 e. The number of rotatable bonds is 0. The van der Waals surface area contributed by atoms with Crippen LogP contribution in [0.15, 0.2) is 56.9 Å². The first-order chi connectivity index (χ1) is 19.4. The van der Waals surface area contributed by atoms with Gasteiger partial charge < -0.3 is 23.7 Å². The quantitative estimate of drug-likeness (QED) is 0.192. The second-order valence-corrected chi connectivity index (χ2v) is 14.6. The summed E-state index contributed by atoms with van der Waals surface area (Å²) in [4.78, 5) is 10.7. The SMILES string of the molecule is c1cc2c(s1)-c1ccc(s1)-c1ccc(s1)-c1sccc1SCCOCCOCCOCCOCCOCCS2. The summed E-state index contributed by atoms with van der Waals surface area (Å²) in [5, 5.41) is 4.37. The molecule has 1 aliphatic heterocycles. The Balaban J connectivity index is 1.22. The zero-order chi connectivity index (χ0) is 26.5. The Morgan fingerprint density at radius 1 is 0.410 bits per heavy atom. The van der Waals surface area contributed by atoms with Crippen LogP contribution in [-0.4, -0.2) is 77.6 Å². The molecule has 0 amide bonds. The number of hydrogen-bond acceptors (Lipinski definition) is 11. The Morgan fingerprint density at radius 2 is 0.769 bits per heavy atom. The summed E-state index contributed by atoms with van der Waals surface area (Å²) < 4.78 is 28.3. The molecule has 0 spiro atoms. The molecular formula is C28H32O5S6. The molecule has 5 heterocycles. The summed E-state index contributed by atoms with van der Waals surface area (Å²) in [6.45, 7) is 6.04. The molecule has 0 aromatic carbocycles. The van der Waals surface area contributed by atoms with Crippen LogP contribution in [-0.2, 0) is 23.7 Å². The summed E-state index contributed by atoms with van der Waals surface area (Å²) in [7, 11) is 0. The summed E-state index contributed by atoms with van der Waals surface area (Å²) in [5.74, 6) is 1.84. The molecule has 5 nitrogen and oxygen atoms in total. The molecule has 0 N–H and O–H groups in total. The maximum absolute atomic E-state index is 5.77. The Hall–Kier alpha value is -0.700. The summed E-state index contributed by atoms with van der Waals surface area (Å²) in [6, 6.07) is 13.5. The largest absolute Gasteiger partial charge is 0.378 e. The third kappa shape index (κ3) is 9.14. The van der Waals surface area contributed by atoms with Crippen molar-refractivity contribution in [2.45, 2.75) is 9.79 Å². The molecule has 4 bridgehead atoms. The number of thiophene rings is 4. The number of ether oxygens (including phenoxy) is 5. The Kier molecular flexibility index (Phi) is 12.7. The van der Waals surface area contributed by atoms with Crippen LogP contribution in [0, 0.1) is 0 Å². The summed E-state index contributed by atoms with van der Waals surface area (Å²) in [5.41, 5.74) is 0. The van der Waals surface area contributed by atoms with Crippen molar-refractivity contribution in [1.82, 2.24) is 0 Å². The molecule has 210 valence electrons. The molecule has 1 aliphatic rings. The lowest BCUT2D eigenvalue weighted by atomic mass is 10.3. The fourth-order valence-electron chi connectivity index (χ4n) is 3.77. The first-order valence-corrected chi connectivity index (χ1v) is 18.2. The first kappa shape index (κ1) is 29.8. The van der Waals surface area contributed by atoms with Gasteiger partial charge in [0.2, 0.25) is 0 Å². The fraction of sp³-hybridized carbons (Fsp3) is 0.429. The van der Waals surface area contributed by atoms with Gasteiger partial charge in [0.25, 0.3) is 0 Å². The highest BCUT2D eigenvalue weighted by atomic mass is 32.2. The molecule has 0 saturated heterocycles. The Labute approximate surface area is 254 Å². The second-order valence-electron chi connectivity index (χ2n) is 8.31. The number of thioether (sulfide) groups is 2. The van der Waals surface area contributed by atoms with Gasteiger partial charge in [0.05, 0.1) is 75.8 Å². The van der Waals surface area contributed by atoms with E-state index in [2.05, 4.69) is 47.2 Å². The van der Waals surface area contributed by atoms with Crippen molar-refractivity contribution < 1.29 is 23.7 Å². The molecule has 0 unspecified atom stereocenters. The van der Waals surface area contributed by atoms with Gasteiger partial charge in [-0.1, -0.05) is 0 Å². The zero-order valence-electron chi connectivity index (χ0n) is 21.6. The van der Waals surface area contributed by atoms with Gasteiger partial charge in [-0.15, -0.1) is 68.9 Å². The van der Waals surface area contributed by atoms with Gasteiger partial charge in [0.15, 0.2) is 0 Å². The highest BCUT2D eigenvalue weighted by molar-refractivity contribution is 7.99. The predicted molar refractivity (Wildman–Crippen MR) is 170 cm³/mol. The minimum absolute atomic E-state index is 0.565. The van der Waals surface area contributed by atoms with Gasteiger partial charge in [-0.3, -0.25) is 0 Å². The van der Waals surface area contributed by atoms with Crippen molar-refractivity contribution in [1.29, 1.82) is 0 Å². The van der Waals surface area contributed by atoms with Gasteiger partial charge >= 0.3 is 0 Å².